The van der Waals surface area contributed by atoms with Crippen molar-refractivity contribution in [3.05, 3.63) is 35.9 Å². The van der Waals surface area contributed by atoms with E-state index in [4.69, 9.17) is 0 Å². The molecule has 0 amide bonds. The minimum absolute atomic E-state index is 0.0999. The van der Waals surface area contributed by atoms with E-state index in [-0.39, 0.29) is 18.6 Å². The van der Waals surface area contributed by atoms with E-state index >= 15 is 0 Å². The van der Waals surface area contributed by atoms with Gasteiger partial charge >= 0.3 is 0 Å². The molecule has 0 saturated carbocycles. The first-order chi connectivity index (χ1) is 8.28. The molecule has 1 heterocycles. The summed E-state index contributed by atoms with van der Waals surface area (Å²) in [4.78, 5) is 2.39. The molecule has 0 unspecified atom stereocenters. The summed E-state index contributed by atoms with van der Waals surface area (Å²) >= 11 is 0. The van der Waals surface area contributed by atoms with Crippen LogP contribution in [0, 0.1) is 5.41 Å². The zero-order valence-corrected chi connectivity index (χ0v) is 10.2. The fraction of sp³-hybridized carbons (Fsp3) is 0.571. The lowest BCUT2D eigenvalue weighted by molar-refractivity contribution is -0.00316. The third-order valence-electron chi connectivity index (χ3n) is 3.84. The number of hydrogen-bond acceptors (Lipinski definition) is 3. The first-order valence-corrected chi connectivity index (χ1v) is 6.26. The van der Waals surface area contributed by atoms with E-state index in [0.29, 0.717) is 0 Å². The Kier molecular flexibility index (Phi) is 4.15. The van der Waals surface area contributed by atoms with Crippen LogP contribution in [0.1, 0.15) is 18.4 Å². The number of hydrogen-bond donors (Lipinski definition) is 2. The average Bonchev–Trinajstić information content (AvgIpc) is 2.41. The molecule has 1 aromatic carbocycles. The second-order valence-corrected chi connectivity index (χ2v) is 5.08. The zero-order chi connectivity index (χ0) is 12.1. The van der Waals surface area contributed by atoms with Crippen LogP contribution >= 0.6 is 0 Å². The largest absolute Gasteiger partial charge is 0.396 e. The number of benzene rings is 1. The molecule has 1 fully saturated rings. The Labute approximate surface area is 103 Å². The van der Waals surface area contributed by atoms with Gasteiger partial charge in [0.1, 0.15) is 0 Å². The molecule has 17 heavy (non-hydrogen) atoms. The van der Waals surface area contributed by atoms with Crippen molar-refractivity contribution in [1.82, 2.24) is 4.90 Å². The third kappa shape index (κ3) is 3.06. The first-order valence-electron chi connectivity index (χ1n) is 6.26. The summed E-state index contributed by atoms with van der Waals surface area (Å²) in [5.74, 6) is 0. The van der Waals surface area contributed by atoms with Gasteiger partial charge in [0.15, 0.2) is 0 Å². The van der Waals surface area contributed by atoms with E-state index in [2.05, 4.69) is 29.2 Å². The molecule has 1 saturated heterocycles. The quantitative estimate of drug-likeness (QED) is 0.825. The number of aliphatic hydroxyl groups excluding tert-OH is 2. The van der Waals surface area contributed by atoms with Crippen LogP contribution in [0.4, 0.5) is 0 Å². The average molecular weight is 235 g/mol. The highest BCUT2D eigenvalue weighted by Crippen LogP contribution is 2.30. The molecule has 2 N–H and O–H groups in total. The van der Waals surface area contributed by atoms with Crippen molar-refractivity contribution in [2.75, 3.05) is 26.3 Å². The lowest BCUT2D eigenvalue weighted by Crippen LogP contribution is -2.43. The van der Waals surface area contributed by atoms with Gasteiger partial charge in [-0.2, -0.15) is 0 Å². The van der Waals surface area contributed by atoms with Crippen molar-refractivity contribution in [2.24, 2.45) is 5.41 Å². The fourth-order valence-electron chi connectivity index (χ4n) is 2.39. The second-order valence-electron chi connectivity index (χ2n) is 5.08. The van der Waals surface area contributed by atoms with Gasteiger partial charge in [-0.3, -0.25) is 4.90 Å². The molecule has 94 valence electrons. The van der Waals surface area contributed by atoms with E-state index < -0.39 is 0 Å². The van der Waals surface area contributed by atoms with Gasteiger partial charge in [0, 0.05) is 12.0 Å². The van der Waals surface area contributed by atoms with Gasteiger partial charge in [0.2, 0.25) is 0 Å². The predicted octanol–water partition coefficient (Wildman–Crippen LogP) is 1.25. The molecule has 0 aromatic heterocycles. The fourth-order valence-corrected chi connectivity index (χ4v) is 2.39. The smallest absolute Gasteiger partial charge is 0.0510 e. The zero-order valence-electron chi connectivity index (χ0n) is 10.2. The van der Waals surface area contributed by atoms with E-state index in [9.17, 15) is 10.2 Å². The van der Waals surface area contributed by atoms with Gasteiger partial charge in [0.25, 0.3) is 0 Å². The van der Waals surface area contributed by atoms with Crippen LogP contribution in [0.5, 0.6) is 0 Å². The molecule has 3 heteroatoms. The van der Waals surface area contributed by atoms with E-state index in [1.807, 2.05) is 6.07 Å². The van der Waals surface area contributed by atoms with Crippen LogP contribution in [0.25, 0.3) is 0 Å². The first kappa shape index (κ1) is 12.6. The number of piperidine rings is 1. The van der Waals surface area contributed by atoms with Crippen LogP contribution in [-0.4, -0.2) is 41.4 Å². The van der Waals surface area contributed by atoms with Crippen LogP contribution in [0.2, 0.25) is 0 Å². The summed E-state index contributed by atoms with van der Waals surface area (Å²) in [6.45, 7) is 3.07. The normalized spacial score (nSPS) is 20.4. The standard InChI is InChI=1S/C14H21NO2/c16-11-14(12-17)6-8-15(9-7-14)10-13-4-2-1-3-5-13/h1-5,16-17H,6-12H2. The van der Waals surface area contributed by atoms with Gasteiger partial charge in [0.05, 0.1) is 13.2 Å². The Hall–Kier alpha value is -0.900. The molecule has 1 aromatic rings. The maximum atomic E-state index is 9.34. The highest BCUT2D eigenvalue weighted by Gasteiger charge is 2.33. The Balaban J connectivity index is 1.87. The molecule has 1 aliphatic heterocycles. The van der Waals surface area contributed by atoms with E-state index in [1.165, 1.54) is 5.56 Å². The third-order valence-corrected chi connectivity index (χ3v) is 3.84. The topological polar surface area (TPSA) is 43.7 Å². The minimum Gasteiger partial charge on any atom is -0.396 e. The van der Waals surface area contributed by atoms with Crippen LogP contribution in [0.15, 0.2) is 30.3 Å². The Morgan fingerprint density at radius 2 is 1.59 bits per heavy atom. The highest BCUT2D eigenvalue weighted by atomic mass is 16.3. The summed E-state index contributed by atoms with van der Waals surface area (Å²) in [6, 6.07) is 10.4. The van der Waals surface area contributed by atoms with Crippen molar-refractivity contribution in [1.29, 1.82) is 0 Å². The summed E-state index contributed by atoms with van der Waals surface area (Å²) in [5.41, 5.74) is 1.08. The van der Waals surface area contributed by atoms with Crippen molar-refractivity contribution in [2.45, 2.75) is 19.4 Å². The highest BCUT2D eigenvalue weighted by molar-refractivity contribution is 5.14. The number of nitrogens with zero attached hydrogens (tertiary/aromatic N) is 1. The second kappa shape index (κ2) is 5.63. The molecule has 0 radical (unpaired) electrons. The lowest BCUT2D eigenvalue weighted by atomic mass is 9.80. The van der Waals surface area contributed by atoms with E-state index in [0.717, 1.165) is 32.5 Å². The van der Waals surface area contributed by atoms with Crippen LogP contribution in [0.3, 0.4) is 0 Å². The monoisotopic (exact) mass is 235 g/mol. The molecular weight excluding hydrogens is 214 g/mol. The molecule has 0 aliphatic carbocycles. The predicted molar refractivity (Wildman–Crippen MR) is 67.6 cm³/mol. The maximum Gasteiger partial charge on any atom is 0.0510 e. The summed E-state index contributed by atoms with van der Waals surface area (Å²) in [6.07, 6.45) is 1.76. The number of rotatable bonds is 4. The van der Waals surface area contributed by atoms with Crippen molar-refractivity contribution < 1.29 is 10.2 Å². The molecule has 2 rings (SSSR count). The molecule has 0 bridgehead atoms. The van der Waals surface area contributed by atoms with Gasteiger partial charge in [-0.1, -0.05) is 30.3 Å². The molecule has 1 aliphatic rings. The minimum atomic E-state index is -0.243. The van der Waals surface area contributed by atoms with Gasteiger partial charge in [-0.05, 0) is 31.5 Å². The van der Waals surface area contributed by atoms with Crippen LogP contribution < -0.4 is 0 Å². The lowest BCUT2D eigenvalue weighted by Gasteiger charge is -2.39. The van der Waals surface area contributed by atoms with Gasteiger partial charge in [-0.25, -0.2) is 0 Å². The van der Waals surface area contributed by atoms with Crippen molar-refractivity contribution in [3.8, 4) is 0 Å². The Morgan fingerprint density at radius 1 is 1.00 bits per heavy atom. The molecule has 0 spiro atoms. The van der Waals surface area contributed by atoms with E-state index in [1.54, 1.807) is 0 Å². The van der Waals surface area contributed by atoms with Gasteiger partial charge in [-0.15, -0.1) is 0 Å². The number of likely N-dealkylation sites (tertiary alicyclic amines) is 1. The summed E-state index contributed by atoms with van der Waals surface area (Å²) < 4.78 is 0. The van der Waals surface area contributed by atoms with Crippen molar-refractivity contribution >= 4 is 0 Å². The SMILES string of the molecule is OCC1(CO)CCN(Cc2ccccc2)CC1. The maximum absolute atomic E-state index is 9.34. The number of aliphatic hydroxyl groups is 2. The molecule has 3 nitrogen and oxygen atoms in total. The van der Waals surface area contributed by atoms with Gasteiger partial charge < -0.3 is 10.2 Å². The van der Waals surface area contributed by atoms with Crippen molar-refractivity contribution in [3.63, 3.8) is 0 Å². The molecule has 0 atom stereocenters. The summed E-state index contributed by atoms with van der Waals surface area (Å²) in [5, 5.41) is 18.7. The Morgan fingerprint density at radius 3 is 2.12 bits per heavy atom. The Bertz CT molecular complexity index is 325. The summed E-state index contributed by atoms with van der Waals surface area (Å²) in [7, 11) is 0. The molecular formula is C14H21NO2. The van der Waals surface area contributed by atoms with Crippen LogP contribution in [-0.2, 0) is 6.54 Å².